The van der Waals surface area contributed by atoms with E-state index in [1.807, 2.05) is 0 Å². The molecule has 112 valence electrons. The van der Waals surface area contributed by atoms with Crippen molar-refractivity contribution < 1.29 is 0 Å². The quantitative estimate of drug-likeness (QED) is 0.690. The van der Waals surface area contributed by atoms with Crippen molar-refractivity contribution in [3.63, 3.8) is 0 Å². The van der Waals surface area contributed by atoms with Gasteiger partial charge in [-0.1, -0.05) is 63.4 Å². The van der Waals surface area contributed by atoms with Gasteiger partial charge >= 0.3 is 0 Å². The van der Waals surface area contributed by atoms with Crippen LogP contribution in [0.4, 0.5) is 0 Å². The van der Waals surface area contributed by atoms with Gasteiger partial charge in [0.05, 0.1) is 0 Å². The Balaban J connectivity index is 2.02. The van der Waals surface area contributed by atoms with Gasteiger partial charge in [0.2, 0.25) is 0 Å². The topological polar surface area (TPSA) is 12.0 Å². The Morgan fingerprint density at radius 3 is 2.55 bits per heavy atom. The summed E-state index contributed by atoms with van der Waals surface area (Å²) in [5.74, 6) is 2.55. The summed E-state index contributed by atoms with van der Waals surface area (Å²) in [5, 5.41) is 3.65. The fourth-order valence-corrected chi connectivity index (χ4v) is 3.81. The Morgan fingerprint density at radius 1 is 1.05 bits per heavy atom. The minimum absolute atomic E-state index is 0.769. The van der Waals surface area contributed by atoms with E-state index < -0.39 is 0 Å². The monoisotopic (exact) mass is 273 g/mol. The molecule has 0 aromatic heterocycles. The highest BCUT2D eigenvalue weighted by Crippen LogP contribution is 2.41. The molecule has 1 aromatic rings. The highest BCUT2D eigenvalue weighted by Gasteiger charge is 2.30. The second kappa shape index (κ2) is 8.46. The smallest absolute Gasteiger partial charge is 0.00147 e. The summed E-state index contributed by atoms with van der Waals surface area (Å²) in [6, 6.07) is 11.2. The first-order valence-electron chi connectivity index (χ1n) is 8.60. The van der Waals surface area contributed by atoms with Crippen LogP contribution in [0.25, 0.3) is 0 Å². The molecule has 20 heavy (non-hydrogen) atoms. The van der Waals surface area contributed by atoms with Crippen LogP contribution in [0.15, 0.2) is 30.3 Å². The predicted molar refractivity (Wildman–Crippen MR) is 88.1 cm³/mol. The molecule has 0 heterocycles. The van der Waals surface area contributed by atoms with Gasteiger partial charge in [-0.15, -0.1) is 0 Å². The van der Waals surface area contributed by atoms with Crippen molar-refractivity contribution in [1.82, 2.24) is 5.32 Å². The molecule has 3 unspecified atom stereocenters. The molecule has 1 aliphatic rings. The van der Waals surface area contributed by atoms with Crippen molar-refractivity contribution in [1.29, 1.82) is 0 Å². The van der Waals surface area contributed by atoms with Gasteiger partial charge in [0.15, 0.2) is 0 Å². The SMILES string of the molecule is CCCNCC1CCC(CCC)CC1c1ccccc1. The maximum atomic E-state index is 3.65. The maximum Gasteiger partial charge on any atom is -0.00147 e. The van der Waals surface area contributed by atoms with Crippen molar-refractivity contribution in [2.45, 2.75) is 58.3 Å². The van der Waals surface area contributed by atoms with Gasteiger partial charge in [-0.3, -0.25) is 0 Å². The van der Waals surface area contributed by atoms with E-state index in [9.17, 15) is 0 Å². The van der Waals surface area contributed by atoms with Gasteiger partial charge in [-0.25, -0.2) is 0 Å². The van der Waals surface area contributed by atoms with Crippen LogP contribution >= 0.6 is 0 Å². The lowest BCUT2D eigenvalue weighted by Crippen LogP contribution is -2.32. The van der Waals surface area contributed by atoms with Gasteiger partial charge in [-0.2, -0.15) is 0 Å². The first kappa shape index (κ1) is 15.6. The first-order valence-corrected chi connectivity index (χ1v) is 8.60. The average Bonchev–Trinajstić information content (AvgIpc) is 2.50. The van der Waals surface area contributed by atoms with Crippen LogP contribution in [0.5, 0.6) is 0 Å². The van der Waals surface area contributed by atoms with E-state index in [4.69, 9.17) is 0 Å². The summed E-state index contributed by atoms with van der Waals surface area (Å²) in [5.41, 5.74) is 1.57. The van der Waals surface area contributed by atoms with Gasteiger partial charge in [0.1, 0.15) is 0 Å². The van der Waals surface area contributed by atoms with Crippen LogP contribution < -0.4 is 5.32 Å². The number of benzene rings is 1. The Hall–Kier alpha value is -0.820. The van der Waals surface area contributed by atoms with E-state index in [1.165, 1.54) is 45.1 Å². The van der Waals surface area contributed by atoms with Crippen LogP contribution in [0.2, 0.25) is 0 Å². The van der Waals surface area contributed by atoms with E-state index in [1.54, 1.807) is 5.56 Å². The van der Waals surface area contributed by atoms with E-state index in [0.29, 0.717) is 0 Å². The number of rotatable bonds is 7. The summed E-state index contributed by atoms with van der Waals surface area (Å²) in [6.45, 7) is 6.94. The Bertz CT molecular complexity index is 359. The summed E-state index contributed by atoms with van der Waals surface area (Å²) >= 11 is 0. The van der Waals surface area contributed by atoms with Crippen LogP contribution in [-0.4, -0.2) is 13.1 Å². The van der Waals surface area contributed by atoms with Crippen LogP contribution in [0.3, 0.4) is 0 Å². The maximum absolute atomic E-state index is 3.65. The third-order valence-electron chi connectivity index (χ3n) is 4.86. The second-order valence-corrected chi connectivity index (χ2v) is 6.45. The molecular formula is C19H31N. The second-order valence-electron chi connectivity index (χ2n) is 6.45. The van der Waals surface area contributed by atoms with E-state index in [2.05, 4.69) is 49.5 Å². The molecule has 0 bridgehead atoms. The molecule has 0 amide bonds. The zero-order valence-electron chi connectivity index (χ0n) is 13.3. The third-order valence-corrected chi connectivity index (χ3v) is 4.86. The molecule has 1 N–H and O–H groups in total. The molecular weight excluding hydrogens is 242 g/mol. The lowest BCUT2D eigenvalue weighted by molar-refractivity contribution is 0.220. The average molecular weight is 273 g/mol. The summed E-state index contributed by atoms with van der Waals surface area (Å²) in [4.78, 5) is 0. The molecule has 0 spiro atoms. The molecule has 3 atom stereocenters. The Morgan fingerprint density at radius 2 is 1.85 bits per heavy atom. The van der Waals surface area contributed by atoms with Crippen LogP contribution in [0.1, 0.15) is 63.9 Å². The molecule has 1 fully saturated rings. The normalized spacial score (nSPS) is 26.6. The molecule has 0 aliphatic heterocycles. The fraction of sp³-hybridized carbons (Fsp3) is 0.684. The zero-order valence-corrected chi connectivity index (χ0v) is 13.3. The zero-order chi connectivity index (χ0) is 14.2. The van der Waals surface area contributed by atoms with Gasteiger partial charge < -0.3 is 5.32 Å². The predicted octanol–water partition coefficient (Wildman–Crippen LogP) is 4.99. The van der Waals surface area contributed by atoms with E-state index in [-0.39, 0.29) is 0 Å². The molecule has 2 rings (SSSR count). The van der Waals surface area contributed by atoms with Crippen molar-refractivity contribution in [3.8, 4) is 0 Å². The minimum Gasteiger partial charge on any atom is -0.316 e. The molecule has 1 nitrogen and oxygen atoms in total. The number of hydrogen-bond acceptors (Lipinski definition) is 1. The van der Waals surface area contributed by atoms with Crippen molar-refractivity contribution in [2.24, 2.45) is 11.8 Å². The highest BCUT2D eigenvalue weighted by molar-refractivity contribution is 5.21. The van der Waals surface area contributed by atoms with E-state index >= 15 is 0 Å². The molecule has 0 saturated heterocycles. The molecule has 1 aliphatic carbocycles. The molecule has 1 saturated carbocycles. The largest absolute Gasteiger partial charge is 0.316 e. The standard InChI is InChI=1S/C19H31N/c1-3-8-16-11-12-18(15-20-13-4-2)19(14-16)17-9-6-5-7-10-17/h5-7,9-10,16,18-20H,3-4,8,11-15H2,1-2H3. The van der Waals surface area contributed by atoms with Crippen molar-refractivity contribution in [3.05, 3.63) is 35.9 Å². The summed E-state index contributed by atoms with van der Waals surface area (Å²) in [6.07, 6.45) is 8.23. The number of nitrogens with one attached hydrogen (secondary N) is 1. The lowest BCUT2D eigenvalue weighted by Gasteiger charge is -2.37. The lowest BCUT2D eigenvalue weighted by atomic mass is 9.70. The first-order chi connectivity index (χ1) is 9.85. The summed E-state index contributed by atoms with van der Waals surface area (Å²) < 4.78 is 0. The fourth-order valence-electron chi connectivity index (χ4n) is 3.81. The van der Waals surface area contributed by atoms with Gasteiger partial charge in [-0.05, 0) is 55.7 Å². The van der Waals surface area contributed by atoms with E-state index in [0.717, 1.165) is 24.3 Å². The minimum atomic E-state index is 0.769. The third kappa shape index (κ3) is 4.34. The van der Waals surface area contributed by atoms with Crippen molar-refractivity contribution in [2.75, 3.05) is 13.1 Å². The van der Waals surface area contributed by atoms with Crippen molar-refractivity contribution >= 4 is 0 Å². The molecule has 1 aromatic carbocycles. The number of hydrogen-bond donors (Lipinski definition) is 1. The molecule has 0 radical (unpaired) electrons. The van der Waals surface area contributed by atoms with Gasteiger partial charge in [0, 0.05) is 0 Å². The van der Waals surface area contributed by atoms with Gasteiger partial charge in [0.25, 0.3) is 0 Å². The Kier molecular flexibility index (Phi) is 6.59. The van der Waals surface area contributed by atoms with Crippen LogP contribution in [0, 0.1) is 11.8 Å². The highest BCUT2D eigenvalue weighted by atomic mass is 14.9. The van der Waals surface area contributed by atoms with Crippen LogP contribution in [-0.2, 0) is 0 Å². The molecule has 1 heteroatoms. The summed E-state index contributed by atoms with van der Waals surface area (Å²) in [7, 11) is 0. The Labute approximate surface area is 125 Å².